The van der Waals surface area contributed by atoms with E-state index in [9.17, 15) is 27.5 Å². The molecule has 0 fully saturated rings. The Morgan fingerprint density at radius 3 is 2.35 bits per heavy atom. The van der Waals surface area contributed by atoms with Crippen molar-refractivity contribution >= 4 is 6.03 Å². The number of urea groups is 1. The number of nitrogens with one attached hydrogen (secondary N) is 2. The Bertz CT molecular complexity index is 522. The summed E-state index contributed by atoms with van der Waals surface area (Å²) >= 11 is 0. The first-order chi connectivity index (χ1) is 10.6. The molecule has 0 radical (unpaired) electrons. The van der Waals surface area contributed by atoms with Crippen LogP contribution >= 0.6 is 0 Å². The molecule has 2 atom stereocenters. The predicted octanol–water partition coefficient (Wildman–Crippen LogP) is 2.13. The SMILES string of the molecule is COCC(C)(NC(=O)NCC(O)c1ccc(F)cc1)C(F)(F)F. The van der Waals surface area contributed by atoms with Gasteiger partial charge in [0.25, 0.3) is 0 Å². The molecule has 0 aliphatic heterocycles. The first-order valence-corrected chi connectivity index (χ1v) is 6.64. The van der Waals surface area contributed by atoms with Gasteiger partial charge < -0.3 is 20.5 Å². The number of methoxy groups -OCH3 is 1. The summed E-state index contributed by atoms with van der Waals surface area (Å²) in [6, 6.07) is 3.76. The lowest BCUT2D eigenvalue weighted by atomic mass is 10.0. The van der Waals surface area contributed by atoms with Gasteiger partial charge in [-0.25, -0.2) is 9.18 Å². The normalized spacial score (nSPS) is 15.6. The zero-order valence-corrected chi connectivity index (χ0v) is 12.6. The fraction of sp³-hybridized carbons (Fsp3) is 0.500. The summed E-state index contributed by atoms with van der Waals surface area (Å²) in [7, 11) is 1.09. The van der Waals surface area contributed by atoms with Crippen LogP contribution in [-0.2, 0) is 4.74 Å². The molecule has 0 aliphatic carbocycles. The number of carbonyl (C=O) groups is 1. The van der Waals surface area contributed by atoms with Crippen LogP contribution in [0.25, 0.3) is 0 Å². The lowest BCUT2D eigenvalue weighted by Crippen LogP contribution is -2.61. The molecular weight excluding hydrogens is 320 g/mol. The van der Waals surface area contributed by atoms with Crippen LogP contribution in [0, 0.1) is 5.82 Å². The minimum atomic E-state index is -4.71. The monoisotopic (exact) mass is 338 g/mol. The number of aliphatic hydroxyl groups is 1. The number of rotatable bonds is 6. The van der Waals surface area contributed by atoms with Gasteiger partial charge in [0, 0.05) is 13.7 Å². The Hall–Kier alpha value is -1.87. The molecule has 0 bridgehead atoms. The lowest BCUT2D eigenvalue weighted by Gasteiger charge is -2.32. The van der Waals surface area contributed by atoms with Crippen molar-refractivity contribution in [2.45, 2.75) is 24.7 Å². The third-order valence-electron chi connectivity index (χ3n) is 3.16. The number of hydrogen-bond donors (Lipinski definition) is 3. The van der Waals surface area contributed by atoms with Crippen molar-refractivity contribution in [1.82, 2.24) is 10.6 Å². The third-order valence-corrected chi connectivity index (χ3v) is 3.16. The Morgan fingerprint density at radius 2 is 1.87 bits per heavy atom. The largest absolute Gasteiger partial charge is 0.413 e. The van der Waals surface area contributed by atoms with Crippen LogP contribution in [0.15, 0.2) is 24.3 Å². The Labute approximate surface area is 130 Å². The second-order valence-electron chi connectivity index (χ2n) is 5.17. The molecule has 2 unspecified atom stereocenters. The topological polar surface area (TPSA) is 70.6 Å². The van der Waals surface area contributed by atoms with E-state index < -0.39 is 36.3 Å². The summed E-state index contributed by atoms with van der Waals surface area (Å²) in [5, 5.41) is 13.7. The molecular formula is C14H18F4N2O3. The van der Waals surface area contributed by atoms with Crippen LogP contribution < -0.4 is 10.6 Å². The molecule has 1 rings (SSSR count). The van der Waals surface area contributed by atoms with E-state index in [4.69, 9.17) is 0 Å². The van der Waals surface area contributed by atoms with Crippen molar-refractivity contribution in [2.75, 3.05) is 20.3 Å². The van der Waals surface area contributed by atoms with Crippen molar-refractivity contribution in [2.24, 2.45) is 0 Å². The van der Waals surface area contributed by atoms with E-state index in [1.165, 1.54) is 12.1 Å². The number of halogens is 4. The summed E-state index contributed by atoms with van der Waals surface area (Å²) in [4.78, 5) is 11.6. The summed E-state index contributed by atoms with van der Waals surface area (Å²) in [6.07, 6.45) is -5.89. The average Bonchev–Trinajstić information content (AvgIpc) is 2.44. The highest BCUT2D eigenvalue weighted by Gasteiger charge is 2.52. The predicted molar refractivity (Wildman–Crippen MR) is 74.2 cm³/mol. The van der Waals surface area contributed by atoms with E-state index in [1.54, 1.807) is 5.32 Å². The molecule has 0 aromatic heterocycles. The summed E-state index contributed by atoms with van der Waals surface area (Å²) in [6.45, 7) is -0.310. The van der Waals surface area contributed by atoms with E-state index in [0.717, 1.165) is 26.2 Å². The van der Waals surface area contributed by atoms with Gasteiger partial charge in [-0.05, 0) is 24.6 Å². The summed E-state index contributed by atoms with van der Waals surface area (Å²) < 4.78 is 56.1. The van der Waals surface area contributed by atoms with Crippen molar-refractivity contribution < 1.29 is 32.2 Å². The number of ether oxygens (including phenoxy) is 1. The molecule has 23 heavy (non-hydrogen) atoms. The van der Waals surface area contributed by atoms with Gasteiger partial charge in [0.15, 0.2) is 5.54 Å². The van der Waals surface area contributed by atoms with E-state index in [2.05, 4.69) is 10.1 Å². The number of benzene rings is 1. The first-order valence-electron chi connectivity index (χ1n) is 6.64. The first kappa shape index (κ1) is 19.2. The maximum atomic E-state index is 12.9. The highest BCUT2D eigenvalue weighted by molar-refractivity contribution is 5.75. The molecule has 0 spiro atoms. The molecule has 0 aliphatic rings. The highest BCUT2D eigenvalue weighted by Crippen LogP contribution is 2.30. The average molecular weight is 338 g/mol. The third kappa shape index (κ3) is 5.36. The molecule has 0 saturated carbocycles. The number of hydrogen-bond acceptors (Lipinski definition) is 3. The van der Waals surface area contributed by atoms with E-state index in [-0.39, 0.29) is 6.54 Å². The van der Waals surface area contributed by atoms with Crippen molar-refractivity contribution in [3.8, 4) is 0 Å². The molecule has 0 saturated heterocycles. The maximum Gasteiger partial charge on any atom is 0.413 e. The maximum absolute atomic E-state index is 12.9. The van der Waals surface area contributed by atoms with Crippen LogP contribution in [0.3, 0.4) is 0 Å². The Balaban J connectivity index is 2.60. The van der Waals surface area contributed by atoms with Gasteiger partial charge in [-0.15, -0.1) is 0 Å². The smallest absolute Gasteiger partial charge is 0.387 e. The van der Waals surface area contributed by atoms with Crippen molar-refractivity contribution in [1.29, 1.82) is 0 Å². The Kier molecular flexibility index (Phi) is 6.34. The second kappa shape index (κ2) is 7.60. The number of aliphatic hydroxyl groups excluding tert-OH is 1. The van der Waals surface area contributed by atoms with Crippen LogP contribution in [0.1, 0.15) is 18.6 Å². The number of amides is 2. The summed E-state index contributed by atoms with van der Waals surface area (Å²) in [5.74, 6) is -0.493. The molecule has 130 valence electrons. The summed E-state index contributed by atoms with van der Waals surface area (Å²) in [5.41, 5.74) is -2.24. The van der Waals surface area contributed by atoms with Crippen molar-refractivity contribution in [3.63, 3.8) is 0 Å². The number of carbonyl (C=O) groups excluding carboxylic acids is 1. The van der Waals surface area contributed by atoms with E-state index in [1.807, 2.05) is 0 Å². The Morgan fingerprint density at radius 1 is 1.30 bits per heavy atom. The van der Waals surface area contributed by atoms with E-state index >= 15 is 0 Å². The fourth-order valence-electron chi connectivity index (χ4n) is 1.76. The van der Waals surface area contributed by atoms with Crippen LogP contribution in [0.2, 0.25) is 0 Å². The second-order valence-corrected chi connectivity index (χ2v) is 5.17. The van der Waals surface area contributed by atoms with Crippen LogP contribution in [0.5, 0.6) is 0 Å². The van der Waals surface area contributed by atoms with Gasteiger partial charge in [-0.1, -0.05) is 12.1 Å². The van der Waals surface area contributed by atoms with Gasteiger partial charge in [-0.2, -0.15) is 13.2 Å². The standard InChI is InChI=1S/C14H18F4N2O3/c1-13(8-23-2,14(16,17)18)20-12(22)19-7-11(21)9-3-5-10(15)6-4-9/h3-6,11,21H,7-8H2,1-2H3,(H2,19,20,22). The quantitative estimate of drug-likeness (QED) is 0.696. The lowest BCUT2D eigenvalue weighted by molar-refractivity contribution is -0.199. The molecule has 5 nitrogen and oxygen atoms in total. The highest BCUT2D eigenvalue weighted by atomic mass is 19.4. The minimum absolute atomic E-state index is 0.321. The zero-order chi connectivity index (χ0) is 17.7. The van der Waals surface area contributed by atoms with Crippen LogP contribution in [-0.4, -0.2) is 43.1 Å². The zero-order valence-electron chi connectivity index (χ0n) is 12.6. The van der Waals surface area contributed by atoms with Gasteiger partial charge in [0.1, 0.15) is 5.82 Å². The van der Waals surface area contributed by atoms with Gasteiger partial charge in [0.05, 0.1) is 12.7 Å². The van der Waals surface area contributed by atoms with Crippen LogP contribution in [0.4, 0.5) is 22.4 Å². The minimum Gasteiger partial charge on any atom is -0.387 e. The fourth-order valence-corrected chi connectivity index (χ4v) is 1.76. The molecule has 9 heteroatoms. The van der Waals surface area contributed by atoms with Gasteiger partial charge >= 0.3 is 12.2 Å². The molecule has 2 amide bonds. The van der Waals surface area contributed by atoms with Gasteiger partial charge in [-0.3, -0.25) is 0 Å². The van der Waals surface area contributed by atoms with E-state index in [0.29, 0.717) is 5.56 Å². The molecule has 0 heterocycles. The molecule has 1 aromatic rings. The molecule has 1 aromatic carbocycles. The van der Waals surface area contributed by atoms with Gasteiger partial charge in [0.2, 0.25) is 0 Å². The molecule has 3 N–H and O–H groups in total. The number of alkyl halides is 3. The van der Waals surface area contributed by atoms with Crippen molar-refractivity contribution in [3.05, 3.63) is 35.6 Å².